The van der Waals surface area contributed by atoms with E-state index in [0.717, 1.165) is 0 Å². The van der Waals surface area contributed by atoms with Gasteiger partial charge in [0.05, 0.1) is 0 Å². The lowest BCUT2D eigenvalue weighted by atomic mass is 10.2. The second-order valence-electron chi connectivity index (χ2n) is 1.75. The normalized spacial score (nSPS) is 7.25. The van der Waals surface area contributed by atoms with Gasteiger partial charge in [0.25, 0.3) is 5.91 Å². The van der Waals surface area contributed by atoms with Gasteiger partial charge in [0, 0.05) is 6.72 Å². The largest absolute Gasteiger partial charge is 0.295 e. The number of hydrogen-bond acceptors (Lipinski definition) is 3. The monoisotopic (exact) mass is 169 g/mol. The number of hydrogen-bond donors (Lipinski definition) is 2. The summed E-state index contributed by atoms with van der Waals surface area (Å²) in [5, 5.41) is 10.2. The number of nitrogens with zero attached hydrogens (tertiary/aromatic N) is 1. The summed E-state index contributed by atoms with van der Waals surface area (Å²) < 4.78 is 0. The van der Waals surface area contributed by atoms with E-state index in [9.17, 15) is 4.79 Å². The first-order chi connectivity index (χ1) is 5.59. The molecule has 0 radical (unpaired) electrons. The van der Waals surface area contributed by atoms with Crippen LogP contribution >= 0.6 is 0 Å². The van der Waals surface area contributed by atoms with Crippen LogP contribution in [0.2, 0.25) is 0 Å². The molecule has 1 amide bonds. The first kappa shape index (κ1) is 13.2. The second kappa shape index (κ2) is 7.65. The minimum Gasteiger partial charge on any atom is -0.295 e. The minimum atomic E-state index is -0.581. The van der Waals surface area contributed by atoms with Gasteiger partial charge in [-0.2, -0.15) is 5.10 Å². The molecule has 68 valence electrons. The maximum Gasteiger partial charge on any atom is 0.289 e. The van der Waals surface area contributed by atoms with Crippen LogP contribution in [0.1, 0.15) is 20.8 Å². The molecule has 4 nitrogen and oxygen atoms in total. The van der Waals surface area contributed by atoms with Crippen LogP contribution in [-0.4, -0.2) is 18.3 Å². The van der Waals surface area contributed by atoms with Crippen molar-refractivity contribution in [3.63, 3.8) is 0 Å². The Morgan fingerprint density at radius 1 is 1.50 bits per heavy atom. The minimum absolute atomic E-state index is 0.174. The summed E-state index contributed by atoms with van der Waals surface area (Å²) in [6.07, 6.45) is 0. The predicted octanol–water partition coefficient (Wildman–Crippen LogP) is 1.34. The summed E-state index contributed by atoms with van der Waals surface area (Å²) >= 11 is 0. The number of rotatable bonds is 3. The molecule has 0 fully saturated rings. The summed E-state index contributed by atoms with van der Waals surface area (Å²) in [5.41, 5.74) is 2.25. The maximum absolute atomic E-state index is 10.7. The highest BCUT2D eigenvalue weighted by Crippen LogP contribution is 1.89. The van der Waals surface area contributed by atoms with Gasteiger partial charge in [0.1, 0.15) is 5.71 Å². The van der Waals surface area contributed by atoms with Gasteiger partial charge in [-0.3, -0.25) is 10.2 Å². The van der Waals surface area contributed by atoms with Crippen LogP contribution in [0.3, 0.4) is 0 Å². The Labute approximate surface area is 72.9 Å². The van der Waals surface area contributed by atoms with Gasteiger partial charge in [-0.05, 0) is 12.5 Å². The molecule has 0 aromatic rings. The van der Waals surface area contributed by atoms with Crippen molar-refractivity contribution in [2.24, 2.45) is 5.10 Å². The maximum atomic E-state index is 10.7. The zero-order chi connectivity index (χ0) is 10.1. The van der Waals surface area contributed by atoms with E-state index in [-0.39, 0.29) is 5.71 Å². The van der Waals surface area contributed by atoms with E-state index in [0.29, 0.717) is 5.57 Å². The molecule has 0 unspecified atom stereocenters. The standard InChI is InChI=1S/C6H9N3O.C2H6/c1-4(2)5(7)6(10)9-8-3;1-2/h7H,1,3H2,2H3,(H,9,10);1-2H3. The Hall–Kier alpha value is -1.45. The number of hydrazone groups is 1. The van der Waals surface area contributed by atoms with E-state index in [1.165, 1.54) is 0 Å². The first-order valence-electron chi connectivity index (χ1n) is 3.60. The average Bonchev–Trinajstić information content (AvgIpc) is 2.07. The van der Waals surface area contributed by atoms with Crippen molar-refractivity contribution in [3.8, 4) is 0 Å². The third-order valence-corrected chi connectivity index (χ3v) is 0.834. The summed E-state index contributed by atoms with van der Waals surface area (Å²) in [5.74, 6) is -0.581. The highest BCUT2D eigenvalue weighted by Gasteiger charge is 2.06. The third kappa shape index (κ3) is 5.34. The quantitative estimate of drug-likeness (QED) is 0.486. The van der Waals surface area contributed by atoms with E-state index in [2.05, 4.69) is 18.4 Å². The van der Waals surface area contributed by atoms with Crippen molar-refractivity contribution in [1.82, 2.24) is 5.43 Å². The summed E-state index contributed by atoms with van der Waals surface area (Å²) in [6.45, 7) is 12.0. The van der Waals surface area contributed by atoms with Crippen LogP contribution in [0.25, 0.3) is 0 Å². The molecule has 0 saturated heterocycles. The molecule has 0 aromatic carbocycles. The van der Waals surface area contributed by atoms with Gasteiger partial charge < -0.3 is 0 Å². The highest BCUT2D eigenvalue weighted by molar-refractivity contribution is 6.43. The van der Waals surface area contributed by atoms with Gasteiger partial charge in [-0.15, -0.1) is 0 Å². The van der Waals surface area contributed by atoms with Gasteiger partial charge in [-0.25, -0.2) is 5.43 Å². The fourth-order valence-electron chi connectivity index (χ4n) is 0.322. The molecule has 0 bridgehead atoms. The molecule has 0 aliphatic carbocycles. The van der Waals surface area contributed by atoms with Gasteiger partial charge in [0.2, 0.25) is 0 Å². The van der Waals surface area contributed by atoms with Crippen LogP contribution in [-0.2, 0) is 4.79 Å². The van der Waals surface area contributed by atoms with Crippen molar-refractivity contribution < 1.29 is 4.79 Å². The van der Waals surface area contributed by atoms with Crippen molar-refractivity contribution in [2.75, 3.05) is 0 Å². The van der Waals surface area contributed by atoms with Crippen molar-refractivity contribution in [3.05, 3.63) is 12.2 Å². The molecule has 0 rings (SSSR count). The van der Waals surface area contributed by atoms with Gasteiger partial charge in [-0.1, -0.05) is 20.4 Å². The Bertz CT molecular complexity index is 196. The number of carbonyl (C=O) groups excluding carboxylic acids is 1. The molecule has 12 heavy (non-hydrogen) atoms. The molecule has 0 spiro atoms. The lowest BCUT2D eigenvalue weighted by Gasteiger charge is -1.98. The smallest absolute Gasteiger partial charge is 0.289 e. The van der Waals surface area contributed by atoms with Crippen LogP contribution < -0.4 is 5.43 Å². The zero-order valence-corrected chi connectivity index (χ0v) is 7.77. The number of amides is 1. The van der Waals surface area contributed by atoms with Crippen molar-refractivity contribution >= 4 is 18.3 Å². The Balaban J connectivity index is 0. The van der Waals surface area contributed by atoms with Crippen molar-refractivity contribution in [2.45, 2.75) is 20.8 Å². The van der Waals surface area contributed by atoms with Crippen molar-refractivity contribution in [1.29, 1.82) is 5.41 Å². The Kier molecular flexibility index (Phi) is 8.40. The average molecular weight is 169 g/mol. The van der Waals surface area contributed by atoms with Gasteiger partial charge >= 0.3 is 0 Å². The van der Waals surface area contributed by atoms with Crippen LogP contribution in [0.5, 0.6) is 0 Å². The number of nitrogens with one attached hydrogen (secondary N) is 2. The van der Waals surface area contributed by atoms with Crippen LogP contribution in [0.4, 0.5) is 0 Å². The molecular formula is C8H15N3O. The van der Waals surface area contributed by atoms with E-state index in [4.69, 9.17) is 5.41 Å². The topological polar surface area (TPSA) is 65.3 Å². The number of carbonyl (C=O) groups is 1. The van der Waals surface area contributed by atoms with E-state index in [1.807, 2.05) is 19.3 Å². The molecular weight excluding hydrogens is 154 g/mol. The highest BCUT2D eigenvalue weighted by atomic mass is 16.2. The van der Waals surface area contributed by atoms with Crippen LogP contribution in [0.15, 0.2) is 17.3 Å². The third-order valence-electron chi connectivity index (χ3n) is 0.834. The molecule has 0 aromatic heterocycles. The lowest BCUT2D eigenvalue weighted by Crippen LogP contribution is -2.26. The summed E-state index contributed by atoms with van der Waals surface area (Å²) in [7, 11) is 0. The molecule has 0 aliphatic heterocycles. The van der Waals surface area contributed by atoms with Crippen LogP contribution in [0, 0.1) is 5.41 Å². The van der Waals surface area contributed by atoms with Gasteiger partial charge in [0.15, 0.2) is 0 Å². The molecule has 2 N–H and O–H groups in total. The summed E-state index contributed by atoms with van der Waals surface area (Å²) in [6, 6.07) is 0. The predicted molar refractivity (Wildman–Crippen MR) is 51.6 cm³/mol. The molecule has 0 saturated carbocycles. The lowest BCUT2D eigenvalue weighted by molar-refractivity contribution is -0.114. The van der Waals surface area contributed by atoms with E-state index >= 15 is 0 Å². The Morgan fingerprint density at radius 3 is 2.17 bits per heavy atom. The summed E-state index contributed by atoms with van der Waals surface area (Å²) in [4.78, 5) is 10.7. The molecule has 0 heterocycles. The fourth-order valence-corrected chi connectivity index (χ4v) is 0.322. The molecule has 0 aliphatic rings. The zero-order valence-electron chi connectivity index (χ0n) is 7.77. The second-order valence-corrected chi connectivity index (χ2v) is 1.75. The fraction of sp³-hybridized carbons (Fsp3) is 0.375. The molecule has 4 heteroatoms. The van der Waals surface area contributed by atoms with E-state index in [1.54, 1.807) is 6.92 Å². The SMILES string of the molecule is C=NNC(=O)C(=N)C(=C)C.CC. The first-order valence-corrected chi connectivity index (χ1v) is 3.60. The molecule has 0 atom stereocenters. The Morgan fingerprint density at radius 2 is 1.92 bits per heavy atom. The van der Waals surface area contributed by atoms with E-state index < -0.39 is 5.91 Å².